The molecule has 26 heavy (non-hydrogen) atoms. The molecule has 2 aromatic rings. The third-order valence-electron chi connectivity index (χ3n) is 3.97. The molecule has 0 saturated carbocycles. The number of amides is 1. The van der Waals surface area contributed by atoms with E-state index in [9.17, 15) is 4.79 Å². The van der Waals surface area contributed by atoms with E-state index in [1.54, 1.807) is 38.5 Å². The van der Waals surface area contributed by atoms with Crippen LogP contribution < -0.4 is 14.8 Å². The lowest BCUT2D eigenvalue weighted by molar-refractivity contribution is -0.117. The molecule has 6 heteroatoms. The maximum absolute atomic E-state index is 12.2. The van der Waals surface area contributed by atoms with Crippen molar-refractivity contribution in [1.29, 1.82) is 5.26 Å². The van der Waals surface area contributed by atoms with Gasteiger partial charge in [-0.1, -0.05) is 6.07 Å². The Hall–Kier alpha value is -3.04. The van der Waals surface area contributed by atoms with Gasteiger partial charge in [0.25, 0.3) is 0 Å². The van der Waals surface area contributed by atoms with Crippen molar-refractivity contribution in [2.75, 3.05) is 33.1 Å². The summed E-state index contributed by atoms with van der Waals surface area (Å²) in [6, 6.07) is 12.8. The maximum atomic E-state index is 12.2. The molecule has 2 rings (SSSR count). The van der Waals surface area contributed by atoms with Gasteiger partial charge in [-0.25, -0.2) is 0 Å². The number of ether oxygens (including phenoxy) is 2. The van der Waals surface area contributed by atoms with Crippen LogP contribution in [0.15, 0.2) is 36.4 Å². The summed E-state index contributed by atoms with van der Waals surface area (Å²) in [5, 5.41) is 11.7. The van der Waals surface area contributed by atoms with Gasteiger partial charge in [-0.15, -0.1) is 0 Å². The van der Waals surface area contributed by atoms with Gasteiger partial charge in [0, 0.05) is 12.2 Å². The number of likely N-dealkylation sites (N-methyl/N-ethyl adjacent to an activating group) is 1. The summed E-state index contributed by atoms with van der Waals surface area (Å²) in [5.41, 5.74) is 3.25. The summed E-state index contributed by atoms with van der Waals surface area (Å²) in [6.07, 6.45) is 0. The fraction of sp³-hybridized carbons (Fsp3) is 0.300. The van der Waals surface area contributed by atoms with Crippen LogP contribution in [0.4, 0.5) is 5.69 Å². The van der Waals surface area contributed by atoms with Gasteiger partial charge in [-0.3, -0.25) is 9.69 Å². The molecule has 1 N–H and O–H groups in total. The van der Waals surface area contributed by atoms with Crippen LogP contribution in [0, 0.1) is 18.3 Å². The third kappa shape index (κ3) is 4.98. The molecule has 0 aromatic heterocycles. The quantitative estimate of drug-likeness (QED) is 0.828. The van der Waals surface area contributed by atoms with Crippen molar-refractivity contribution in [3.8, 4) is 17.6 Å². The lowest BCUT2D eigenvalue weighted by atomic mass is 10.1. The first-order chi connectivity index (χ1) is 12.5. The van der Waals surface area contributed by atoms with Crippen molar-refractivity contribution in [1.82, 2.24) is 4.90 Å². The molecule has 0 spiro atoms. The van der Waals surface area contributed by atoms with Crippen LogP contribution in [-0.2, 0) is 11.3 Å². The van der Waals surface area contributed by atoms with Gasteiger partial charge < -0.3 is 14.8 Å². The molecule has 0 aliphatic heterocycles. The minimum Gasteiger partial charge on any atom is -0.493 e. The SMILES string of the molecule is COc1cc(C)c(CN(C)CC(=O)Nc2cccc(C#N)c2)cc1OC. The lowest BCUT2D eigenvalue weighted by Gasteiger charge is -2.19. The predicted molar refractivity (Wildman–Crippen MR) is 100 cm³/mol. The molecular formula is C20H23N3O3. The van der Waals surface area contributed by atoms with Crippen LogP contribution in [0.25, 0.3) is 0 Å². The first-order valence-electron chi connectivity index (χ1n) is 8.17. The summed E-state index contributed by atoms with van der Waals surface area (Å²) in [4.78, 5) is 14.2. The smallest absolute Gasteiger partial charge is 0.238 e. The molecule has 0 aliphatic rings. The molecule has 0 heterocycles. The largest absolute Gasteiger partial charge is 0.493 e. The van der Waals surface area contributed by atoms with Gasteiger partial charge in [0.1, 0.15) is 0 Å². The molecule has 136 valence electrons. The topological polar surface area (TPSA) is 74.6 Å². The predicted octanol–water partition coefficient (Wildman–Crippen LogP) is 2.95. The molecule has 0 fully saturated rings. The fourth-order valence-electron chi connectivity index (χ4n) is 2.65. The molecule has 0 bridgehead atoms. The Kier molecular flexibility index (Phi) is 6.59. The normalized spacial score (nSPS) is 10.3. The summed E-state index contributed by atoms with van der Waals surface area (Å²) in [5.74, 6) is 1.21. The second-order valence-electron chi connectivity index (χ2n) is 6.05. The molecule has 0 aliphatic carbocycles. The number of nitrogens with zero attached hydrogens (tertiary/aromatic N) is 2. The summed E-state index contributed by atoms with van der Waals surface area (Å²) < 4.78 is 10.6. The van der Waals surface area contributed by atoms with E-state index in [0.29, 0.717) is 29.3 Å². The lowest BCUT2D eigenvalue weighted by Crippen LogP contribution is -2.30. The number of carbonyl (C=O) groups is 1. The van der Waals surface area contributed by atoms with Gasteiger partial charge in [-0.05, 0) is 55.4 Å². The van der Waals surface area contributed by atoms with E-state index < -0.39 is 0 Å². The number of rotatable bonds is 7. The first-order valence-corrected chi connectivity index (χ1v) is 8.17. The summed E-state index contributed by atoms with van der Waals surface area (Å²) in [6.45, 7) is 2.82. The second-order valence-corrected chi connectivity index (χ2v) is 6.05. The van der Waals surface area contributed by atoms with Crippen molar-refractivity contribution >= 4 is 11.6 Å². The van der Waals surface area contributed by atoms with E-state index in [4.69, 9.17) is 14.7 Å². The van der Waals surface area contributed by atoms with Crippen molar-refractivity contribution in [2.45, 2.75) is 13.5 Å². The van der Waals surface area contributed by atoms with E-state index in [2.05, 4.69) is 11.4 Å². The highest BCUT2D eigenvalue weighted by Crippen LogP contribution is 2.30. The second kappa shape index (κ2) is 8.88. The Balaban J connectivity index is 2.00. The van der Waals surface area contributed by atoms with E-state index in [1.807, 2.05) is 31.0 Å². The molecule has 0 atom stereocenters. The number of carbonyl (C=O) groups excluding carboxylic acids is 1. The van der Waals surface area contributed by atoms with E-state index in [0.717, 1.165) is 11.1 Å². The number of methoxy groups -OCH3 is 2. The van der Waals surface area contributed by atoms with Gasteiger partial charge in [0.2, 0.25) is 5.91 Å². The van der Waals surface area contributed by atoms with Crippen molar-refractivity contribution < 1.29 is 14.3 Å². The summed E-state index contributed by atoms with van der Waals surface area (Å²) in [7, 11) is 5.08. The number of hydrogen-bond acceptors (Lipinski definition) is 5. The van der Waals surface area contributed by atoms with Gasteiger partial charge in [-0.2, -0.15) is 5.26 Å². The molecule has 2 aromatic carbocycles. The Bertz CT molecular complexity index is 828. The van der Waals surface area contributed by atoms with Crippen LogP contribution in [0.1, 0.15) is 16.7 Å². The average Bonchev–Trinajstić information content (AvgIpc) is 2.62. The van der Waals surface area contributed by atoms with Crippen LogP contribution in [-0.4, -0.2) is 38.6 Å². The fourth-order valence-corrected chi connectivity index (χ4v) is 2.65. The van der Waals surface area contributed by atoms with Crippen LogP contribution in [0.5, 0.6) is 11.5 Å². The Labute approximate surface area is 153 Å². The van der Waals surface area contributed by atoms with Gasteiger partial charge >= 0.3 is 0 Å². The number of anilines is 1. The highest BCUT2D eigenvalue weighted by atomic mass is 16.5. The third-order valence-corrected chi connectivity index (χ3v) is 3.97. The molecule has 6 nitrogen and oxygen atoms in total. The Morgan fingerprint density at radius 2 is 1.88 bits per heavy atom. The van der Waals surface area contributed by atoms with Crippen LogP contribution in [0.3, 0.4) is 0 Å². The van der Waals surface area contributed by atoms with E-state index >= 15 is 0 Å². The zero-order valence-electron chi connectivity index (χ0n) is 15.5. The number of nitrogens with one attached hydrogen (secondary N) is 1. The van der Waals surface area contributed by atoms with E-state index in [1.165, 1.54) is 0 Å². The minimum atomic E-state index is -0.138. The summed E-state index contributed by atoms with van der Waals surface area (Å²) >= 11 is 0. The maximum Gasteiger partial charge on any atom is 0.238 e. The number of hydrogen-bond donors (Lipinski definition) is 1. The van der Waals surface area contributed by atoms with Crippen molar-refractivity contribution in [3.05, 3.63) is 53.1 Å². The van der Waals surface area contributed by atoms with E-state index in [-0.39, 0.29) is 12.5 Å². The monoisotopic (exact) mass is 353 g/mol. The zero-order chi connectivity index (χ0) is 19.1. The van der Waals surface area contributed by atoms with Crippen LogP contribution >= 0.6 is 0 Å². The average molecular weight is 353 g/mol. The molecule has 0 saturated heterocycles. The van der Waals surface area contributed by atoms with Crippen molar-refractivity contribution in [2.24, 2.45) is 0 Å². The number of aryl methyl sites for hydroxylation is 1. The molecule has 0 radical (unpaired) electrons. The Morgan fingerprint density at radius 3 is 2.54 bits per heavy atom. The number of nitriles is 1. The molecular weight excluding hydrogens is 330 g/mol. The van der Waals surface area contributed by atoms with Crippen LogP contribution in [0.2, 0.25) is 0 Å². The number of benzene rings is 2. The highest BCUT2D eigenvalue weighted by molar-refractivity contribution is 5.92. The minimum absolute atomic E-state index is 0.138. The highest BCUT2D eigenvalue weighted by Gasteiger charge is 2.12. The first kappa shape index (κ1) is 19.3. The Morgan fingerprint density at radius 1 is 1.19 bits per heavy atom. The van der Waals surface area contributed by atoms with Crippen molar-refractivity contribution in [3.63, 3.8) is 0 Å². The molecule has 0 unspecified atom stereocenters. The standard InChI is InChI=1S/C20H23N3O3/c1-14-8-18(25-3)19(26-4)10-16(14)12-23(2)13-20(24)22-17-7-5-6-15(9-17)11-21/h5-10H,12-13H2,1-4H3,(H,22,24). The molecule has 1 amide bonds. The van der Waals surface area contributed by atoms with Gasteiger partial charge in [0.15, 0.2) is 11.5 Å². The zero-order valence-corrected chi connectivity index (χ0v) is 15.5. The van der Waals surface area contributed by atoms with Gasteiger partial charge in [0.05, 0.1) is 32.4 Å².